The third-order valence-corrected chi connectivity index (χ3v) is 1.19. The molecule has 8 heavy (non-hydrogen) atoms. The topological polar surface area (TPSA) is 83.5 Å². The average molecular weight is 139 g/mol. The molecule has 0 fully saturated rings. The maximum Gasteiger partial charge on any atom is 0.359 e. The smallest absolute Gasteiger partial charge is 0.288 e. The van der Waals surface area contributed by atoms with Gasteiger partial charge in [-0.05, 0) is 0 Å². The summed E-state index contributed by atoms with van der Waals surface area (Å²) in [6.07, 6.45) is 0.693. The summed E-state index contributed by atoms with van der Waals surface area (Å²) in [4.78, 5) is 9.88. The number of amides is 1. The summed E-state index contributed by atoms with van der Waals surface area (Å²) in [5, 5.41) is 6.30. The molecule has 0 unspecified atom stereocenters. The summed E-state index contributed by atoms with van der Waals surface area (Å²) in [6, 6.07) is 0. The molecule has 0 aliphatic rings. The fraction of sp³-hybridized carbons (Fsp3) is 0.500. The number of rotatable bonds is 0. The highest BCUT2D eigenvalue weighted by Gasteiger charge is 2.12. The number of hydrogen-bond donors (Lipinski definition) is 2. The third-order valence-electron chi connectivity index (χ3n) is 0.428. The van der Waals surface area contributed by atoms with Crippen LogP contribution in [-0.4, -0.2) is 25.1 Å². The van der Waals surface area contributed by atoms with Crippen LogP contribution in [0.2, 0.25) is 0 Å². The summed E-state index contributed by atoms with van der Waals surface area (Å²) >= 11 is 0. The van der Waals surface area contributed by atoms with Crippen molar-refractivity contribution in [2.24, 2.45) is 0 Å². The highest BCUT2D eigenvalue weighted by atomic mass is 32.2. The summed E-state index contributed by atoms with van der Waals surface area (Å²) < 4.78 is 20.0. The third kappa shape index (κ3) is 1.90. The van der Waals surface area contributed by atoms with Crippen LogP contribution in [0.3, 0.4) is 0 Å². The van der Waals surface area contributed by atoms with Gasteiger partial charge < -0.3 is 0 Å². The lowest BCUT2D eigenvalue weighted by atomic mass is 11.4. The Labute approximate surface area is 46.2 Å². The zero-order valence-corrected chi connectivity index (χ0v) is 4.90. The van der Waals surface area contributed by atoms with Gasteiger partial charge in [-0.15, -0.1) is 0 Å². The Balaban J connectivity index is 4.29. The quantitative estimate of drug-likeness (QED) is 0.337. The van der Waals surface area contributed by atoms with E-state index in [2.05, 4.69) is 0 Å². The summed E-state index contributed by atoms with van der Waals surface area (Å²) in [5.74, 6) is 0. The van der Waals surface area contributed by atoms with Crippen LogP contribution in [0.4, 0.5) is 4.79 Å². The molecule has 0 atom stereocenters. The largest absolute Gasteiger partial charge is 0.359 e. The predicted octanol–water partition coefficient (Wildman–Crippen LogP) is -0.870. The van der Waals surface area contributed by atoms with E-state index >= 15 is 0 Å². The number of carbonyl (C=O) groups is 1. The summed E-state index contributed by atoms with van der Waals surface area (Å²) in [6.45, 7) is 0. The van der Waals surface area contributed by atoms with Crippen LogP contribution in [0.25, 0.3) is 0 Å². The molecule has 48 valence electrons. The van der Waals surface area contributed by atoms with Gasteiger partial charge in [-0.1, -0.05) is 0 Å². The normalized spacial score (nSPS) is 10.8. The standard InChI is InChI=1S/C2H5NO4S/c1-8(6,7)2(4)3-5/h5H,1H3,(H,3,4). The Bertz CT molecular complexity index is 180. The lowest BCUT2D eigenvalue weighted by Crippen LogP contribution is -2.25. The van der Waals surface area contributed by atoms with Crippen LogP contribution in [0.1, 0.15) is 0 Å². The first-order chi connectivity index (χ1) is 3.48. The lowest BCUT2D eigenvalue weighted by molar-refractivity contribution is 0.179. The van der Waals surface area contributed by atoms with Gasteiger partial charge >= 0.3 is 5.24 Å². The van der Waals surface area contributed by atoms with Crippen molar-refractivity contribution < 1.29 is 18.4 Å². The predicted molar refractivity (Wildman–Crippen MR) is 25.2 cm³/mol. The summed E-state index contributed by atoms with van der Waals surface area (Å²) in [5.41, 5.74) is 0.978. The first kappa shape index (κ1) is 7.38. The van der Waals surface area contributed by atoms with Gasteiger partial charge in [0.1, 0.15) is 0 Å². The SMILES string of the molecule is CS(=O)(=O)C(=O)NO. The molecule has 5 nitrogen and oxygen atoms in total. The molecule has 0 aromatic heterocycles. The van der Waals surface area contributed by atoms with Crippen molar-refractivity contribution in [2.75, 3.05) is 6.26 Å². The first-order valence-electron chi connectivity index (χ1n) is 1.62. The molecule has 6 heteroatoms. The van der Waals surface area contributed by atoms with E-state index in [1.807, 2.05) is 0 Å². The Morgan fingerprint density at radius 2 is 2.00 bits per heavy atom. The molecule has 0 aliphatic heterocycles. The molecule has 0 aromatic carbocycles. The van der Waals surface area contributed by atoms with E-state index in [0.717, 1.165) is 5.48 Å². The molecule has 0 spiro atoms. The van der Waals surface area contributed by atoms with Crippen molar-refractivity contribution in [3.63, 3.8) is 0 Å². The van der Waals surface area contributed by atoms with Gasteiger partial charge in [-0.2, -0.15) is 0 Å². The maximum absolute atomic E-state index is 9.99. The minimum atomic E-state index is -3.75. The molecule has 0 heterocycles. The van der Waals surface area contributed by atoms with Gasteiger partial charge in [0.25, 0.3) is 0 Å². The van der Waals surface area contributed by atoms with Crippen molar-refractivity contribution >= 4 is 15.1 Å². The van der Waals surface area contributed by atoms with E-state index in [-0.39, 0.29) is 0 Å². The van der Waals surface area contributed by atoms with E-state index in [4.69, 9.17) is 5.21 Å². The average Bonchev–Trinajstić information content (AvgIpc) is 1.62. The molecule has 0 saturated heterocycles. The molecular weight excluding hydrogens is 134 g/mol. The number of hydrogen-bond acceptors (Lipinski definition) is 4. The fourth-order valence-electron chi connectivity index (χ4n) is 0.0829. The molecule has 0 radical (unpaired) electrons. The number of carbonyl (C=O) groups excluding carboxylic acids is 1. The van der Waals surface area contributed by atoms with Crippen molar-refractivity contribution in [1.82, 2.24) is 5.48 Å². The Hall–Kier alpha value is -0.620. The lowest BCUT2D eigenvalue weighted by Gasteiger charge is -1.89. The second-order valence-corrected chi connectivity index (χ2v) is 3.09. The van der Waals surface area contributed by atoms with E-state index in [9.17, 15) is 13.2 Å². The highest BCUT2D eigenvalue weighted by Crippen LogP contribution is 1.80. The molecule has 0 aromatic rings. The molecule has 0 aliphatic carbocycles. The van der Waals surface area contributed by atoms with Gasteiger partial charge in [-0.3, -0.25) is 10.0 Å². The van der Waals surface area contributed by atoms with Crippen molar-refractivity contribution in [3.05, 3.63) is 0 Å². The number of nitrogens with one attached hydrogen (secondary N) is 1. The van der Waals surface area contributed by atoms with Crippen LogP contribution >= 0.6 is 0 Å². The minimum absolute atomic E-state index is 0.693. The molecule has 1 amide bonds. The number of sulfone groups is 1. The Kier molecular flexibility index (Phi) is 1.94. The summed E-state index contributed by atoms with van der Waals surface area (Å²) in [7, 11) is -3.75. The van der Waals surface area contributed by atoms with Crippen LogP contribution in [0, 0.1) is 0 Å². The van der Waals surface area contributed by atoms with Gasteiger partial charge in [0.05, 0.1) is 0 Å². The Morgan fingerprint density at radius 3 is 2.00 bits per heavy atom. The minimum Gasteiger partial charge on any atom is -0.288 e. The van der Waals surface area contributed by atoms with Gasteiger partial charge in [0, 0.05) is 6.26 Å². The van der Waals surface area contributed by atoms with Crippen LogP contribution < -0.4 is 5.48 Å². The van der Waals surface area contributed by atoms with E-state index in [1.165, 1.54) is 0 Å². The maximum atomic E-state index is 9.99. The second kappa shape index (κ2) is 2.10. The Morgan fingerprint density at radius 1 is 1.62 bits per heavy atom. The van der Waals surface area contributed by atoms with Crippen molar-refractivity contribution in [3.8, 4) is 0 Å². The monoisotopic (exact) mass is 139 g/mol. The zero-order valence-electron chi connectivity index (χ0n) is 4.08. The fourth-order valence-corrected chi connectivity index (χ4v) is 0.249. The molecular formula is C2H5NO4S. The van der Waals surface area contributed by atoms with E-state index in [1.54, 1.807) is 0 Å². The first-order valence-corrected chi connectivity index (χ1v) is 3.51. The van der Waals surface area contributed by atoms with E-state index < -0.39 is 15.1 Å². The van der Waals surface area contributed by atoms with Gasteiger partial charge in [0.15, 0.2) is 0 Å². The van der Waals surface area contributed by atoms with E-state index in [0.29, 0.717) is 6.26 Å². The second-order valence-electron chi connectivity index (χ2n) is 1.17. The van der Waals surface area contributed by atoms with Crippen LogP contribution in [-0.2, 0) is 9.84 Å². The van der Waals surface area contributed by atoms with Crippen LogP contribution in [0.5, 0.6) is 0 Å². The zero-order chi connectivity index (χ0) is 6.78. The number of hydroxylamine groups is 1. The molecule has 0 bridgehead atoms. The van der Waals surface area contributed by atoms with Gasteiger partial charge in [0.2, 0.25) is 9.84 Å². The molecule has 0 saturated carbocycles. The van der Waals surface area contributed by atoms with Gasteiger partial charge in [-0.25, -0.2) is 13.9 Å². The van der Waals surface area contributed by atoms with Crippen molar-refractivity contribution in [1.29, 1.82) is 0 Å². The molecule has 0 rings (SSSR count). The molecule has 2 N–H and O–H groups in total. The highest BCUT2D eigenvalue weighted by molar-refractivity contribution is 8.05. The van der Waals surface area contributed by atoms with Crippen LogP contribution in [0.15, 0.2) is 0 Å². The van der Waals surface area contributed by atoms with Crippen molar-refractivity contribution in [2.45, 2.75) is 0 Å².